The second-order valence-electron chi connectivity index (χ2n) is 15.0. The largest absolute Gasteiger partial charge is 0.544 e. The van der Waals surface area contributed by atoms with Crippen LogP contribution in [-0.2, 0) is 28.6 Å². The number of unbranched alkanes of at least 4 members (excludes halogenated alkanes) is 16. The molecule has 0 amide bonds. The highest BCUT2D eigenvalue weighted by Gasteiger charge is 2.25. The van der Waals surface area contributed by atoms with E-state index in [1.165, 1.54) is 83.5 Å². The summed E-state index contributed by atoms with van der Waals surface area (Å²) >= 11 is 0. The average molecular weight is 744 g/mol. The van der Waals surface area contributed by atoms with Crippen molar-refractivity contribution in [2.24, 2.45) is 0 Å². The lowest BCUT2D eigenvalue weighted by Crippen LogP contribution is -2.55. The van der Waals surface area contributed by atoms with Gasteiger partial charge in [-0.3, -0.25) is 9.59 Å². The molecule has 0 radical (unpaired) electrons. The molecule has 8 nitrogen and oxygen atoms in total. The van der Waals surface area contributed by atoms with Crippen LogP contribution in [0.1, 0.15) is 155 Å². The Balaban J connectivity index is 4.46. The number of nitrogens with zero attached hydrogens (tertiary/aromatic N) is 1. The maximum Gasteiger partial charge on any atom is 0.306 e. The van der Waals surface area contributed by atoms with Crippen LogP contribution >= 0.6 is 0 Å². The van der Waals surface area contributed by atoms with Crippen molar-refractivity contribution in [2.75, 3.05) is 41.0 Å². The summed E-state index contributed by atoms with van der Waals surface area (Å²) in [5.41, 5.74) is 0. The normalized spacial score (nSPS) is 13.6. The number of rotatable bonds is 36. The Kier molecular flexibility index (Phi) is 34.0. The summed E-state index contributed by atoms with van der Waals surface area (Å²) in [6, 6.07) is -0.736. The molecule has 0 saturated carbocycles. The molecule has 304 valence electrons. The van der Waals surface area contributed by atoms with Gasteiger partial charge in [-0.2, -0.15) is 0 Å². The number of ether oxygens (including phenoxy) is 3. The van der Waals surface area contributed by atoms with Crippen LogP contribution in [0, 0.1) is 0 Å². The molecule has 0 bridgehead atoms. The van der Waals surface area contributed by atoms with Gasteiger partial charge < -0.3 is 28.6 Å². The Morgan fingerprint density at radius 3 is 1.55 bits per heavy atom. The van der Waals surface area contributed by atoms with Crippen molar-refractivity contribution in [3.05, 3.63) is 60.8 Å². The Morgan fingerprint density at radius 1 is 0.585 bits per heavy atom. The predicted octanol–water partition coefficient (Wildman–Crippen LogP) is 9.69. The fraction of sp³-hybridized carbons (Fsp3) is 0.711. The number of hydrogen-bond donors (Lipinski definition) is 0. The van der Waals surface area contributed by atoms with Crippen LogP contribution in [0.2, 0.25) is 0 Å². The second-order valence-corrected chi connectivity index (χ2v) is 15.0. The van der Waals surface area contributed by atoms with Crippen LogP contribution in [0.25, 0.3) is 0 Å². The zero-order chi connectivity index (χ0) is 39.3. The van der Waals surface area contributed by atoms with Crippen LogP contribution in [0.4, 0.5) is 0 Å². The topological polar surface area (TPSA) is 102 Å². The molecule has 0 aliphatic heterocycles. The minimum Gasteiger partial charge on any atom is -0.544 e. The van der Waals surface area contributed by atoms with Crippen molar-refractivity contribution in [3.63, 3.8) is 0 Å². The average Bonchev–Trinajstić information content (AvgIpc) is 3.11. The molecule has 2 atom stereocenters. The lowest BCUT2D eigenvalue weighted by atomic mass is 10.0. The molecule has 2 unspecified atom stereocenters. The first-order valence-corrected chi connectivity index (χ1v) is 20.9. The van der Waals surface area contributed by atoms with E-state index in [1.54, 1.807) is 21.1 Å². The summed E-state index contributed by atoms with van der Waals surface area (Å²) < 4.78 is 17.1. The number of aliphatic carboxylic acids is 1. The van der Waals surface area contributed by atoms with Gasteiger partial charge in [-0.15, -0.1) is 0 Å². The second kappa shape index (κ2) is 36.0. The number of allylic oxidation sites excluding steroid dienone is 10. The molecule has 0 aliphatic rings. The Hall–Kier alpha value is -2.97. The summed E-state index contributed by atoms with van der Waals surface area (Å²) in [5.74, 6) is -1.83. The van der Waals surface area contributed by atoms with E-state index in [0.29, 0.717) is 12.8 Å². The summed E-state index contributed by atoms with van der Waals surface area (Å²) in [6.07, 6.45) is 42.6. The summed E-state index contributed by atoms with van der Waals surface area (Å²) in [7, 11) is 5.38. The van der Waals surface area contributed by atoms with Crippen LogP contribution < -0.4 is 5.11 Å². The molecule has 8 heteroatoms. The number of quaternary nitrogens is 1. The van der Waals surface area contributed by atoms with Gasteiger partial charge in [0.25, 0.3) is 0 Å². The predicted molar refractivity (Wildman–Crippen MR) is 217 cm³/mol. The molecule has 0 heterocycles. The van der Waals surface area contributed by atoms with Gasteiger partial charge in [-0.05, 0) is 25.7 Å². The third-order valence-corrected chi connectivity index (χ3v) is 9.05. The minimum absolute atomic E-state index is 0.0175. The number of hydrogen-bond acceptors (Lipinski definition) is 7. The lowest BCUT2D eigenvalue weighted by Gasteiger charge is -2.34. The highest BCUT2D eigenvalue weighted by atomic mass is 16.6. The first kappa shape index (κ1) is 50.0. The molecule has 0 aromatic heterocycles. The molecule has 0 saturated heterocycles. The SMILES string of the molecule is CC/C=C/C=C/C=C/C=C/C=C/CCCC(=O)OCC(COCCC(C(=O)[O-])[N+](C)(C)C)OC(=O)CCCCCCCCCCCCCCCCCC. The molecule has 0 rings (SSSR count). The van der Waals surface area contributed by atoms with Crippen molar-refractivity contribution in [1.29, 1.82) is 0 Å². The fourth-order valence-electron chi connectivity index (χ4n) is 5.81. The smallest absolute Gasteiger partial charge is 0.306 e. The number of carbonyl (C=O) groups is 3. The van der Waals surface area contributed by atoms with E-state index in [4.69, 9.17) is 14.2 Å². The monoisotopic (exact) mass is 744 g/mol. The first-order chi connectivity index (χ1) is 25.6. The fourth-order valence-corrected chi connectivity index (χ4v) is 5.81. The number of carboxylic acid groups (broad SMARTS) is 1. The highest BCUT2D eigenvalue weighted by molar-refractivity contribution is 5.70. The quantitative estimate of drug-likeness (QED) is 0.0273. The number of likely N-dealkylation sites (N-methyl/N-ethyl adjacent to an activating group) is 1. The van der Waals surface area contributed by atoms with Gasteiger partial charge in [0.2, 0.25) is 0 Å². The third kappa shape index (κ3) is 34.5. The third-order valence-electron chi connectivity index (χ3n) is 9.05. The van der Waals surface area contributed by atoms with E-state index < -0.39 is 18.1 Å². The van der Waals surface area contributed by atoms with Gasteiger partial charge in [0.1, 0.15) is 12.6 Å². The van der Waals surface area contributed by atoms with Crippen molar-refractivity contribution in [3.8, 4) is 0 Å². The van der Waals surface area contributed by atoms with Crippen LogP contribution in [-0.4, -0.2) is 75.5 Å². The molecule has 0 aromatic carbocycles. The van der Waals surface area contributed by atoms with E-state index >= 15 is 0 Å². The maximum atomic E-state index is 12.7. The molecular formula is C45H77NO7. The van der Waals surface area contributed by atoms with Gasteiger partial charge >= 0.3 is 11.9 Å². The molecule has 0 N–H and O–H groups in total. The maximum absolute atomic E-state index is 12.7. The molecule has 0 fully saturated rings. The Labute approximate surface area is 324 Å². The van der Waals surface area contributed by atoms with Crippen molar-refractivity contribution in [1.82, 2.24) is 0 Å². The molecule has 0 spiro atoms. The van der Waals surface area contributed by atoms with E-state index in [-0.39, 0.29) is 49.1 Å². The van der Waals surface area contributed by atoms with E-state index in [2.05, 4.69) is 19.9 Å². The van der Waals surface area contributed by atoms with E-state index in [0.717, 1.165) is 32.1 Å². The van der Waals surface area contributed by atoms with E-state index in [9.17, 15) is 19.5 Å². The Bertz CT molecular complexity index is 1050. The van der Waals surface area contributed by atoms with Crippen LogP contribution in [0.15, 0.2) is 60.8 Å². The minimum atomic E-state index is -1.14. The van der Waals surface area contributed by atoms with Gasteiger partial charge in [0, 0.05) is 19.3 Å². The molecule has 0 aliphatic carbocycles. The van der Waals surface area contributed by atoms with Gasteiger partial charge in [0.05, 0.1) is 40.3 Å². The van der Waals surface area contributed by atoms with Gasteiger partial charge in [0.15, 0.2) is 6.10 Å². The number of esters is 2. The van der Waals surface area contributed by atoms with Crippen LogP contribution in [0.3, 0.4) is 0 Å². The molecule has 0 aromatic rings. The van der Waals surface area contributed by atoms with Crippen molar-refractivity contribution in [2.45, 2.75) is 167 Å². The molecule has 53 heavy (non-hydrogen) atoms. The van der Waals surface area contributed by atoms with Crippen molar-refractivity contribution >= 4 is 17.9 Å². The van der Waals surface area contributed by atoms with E-state index in [1.807, 2.05) is 54.7 Å². The van der Waals surface area contributed by atoms with Crippen molar-refractivity contribution < 1.29 is 38.2 Å². The summed E-state index contributed by atoms with van der Waals surface area (Å²) in [4.78, 5) is 36.7. The summed E-state index contributed by atoms with van der Waals surface area (Å²) in [6.45, 7) is 4.43. The number of carbonyl (C=O) groups excluding carboxylic acids is 3. The number of carboxylic acids is 1. The first-order valence-electron chi connectivity index (χ1n) is 20.9. The zero-order valence-corrected chi connectivity index (χ0v) is 34.4. The summed E-state index contributed by atoms with van der Waals surface area (Å²) in [5, 5.41) is 11.6. The lowest BCUT2D eigenvalue weighted by molar-refractivity contribution is -0.889. The van der Waals surface area contributed by atoms with Gasteiger partial charge in [-0.25, -0.2) is 0 Å². The zero-order valence-electron chi connectivity index (χ0n) is 34.4. The molecular weight excluding hydrogens is 666 g/mol. The highest BCUT2D eigenvalue weighted by Crippen LogP contribution is 2.15. The van der Waals surface area contributed by atoms with Gasteiger partial charge in [-0.1, -0.05) is 171 Å². The standard InChI is InChI=1S/C45H77NO7/c1-6-8-10-12-14-16-18-20-21-22-24-26-28-30-32-34-36-44(48)53-41(39-51-38-37-42(45(49)50)46(3,4)5)40-52-43(47)35-33-31-29-27-25-23-19-17-15-13-11-9-7-2/h9,11,13,15,17,19,23,25,27,29,41-42H,6-8,10,12,14,16,18,20-22,24,26,28,30-40H2,1-5H3/b11-9+,15-13+,19-17+,25-23+,29-27+. The Morgan fingerprint density at radius 2 is 1.06 bits per heavy atom. The van der Waals surface area contributed by atoms with Crippen LogP contribution in [0.5, 0.6) is 0 Å².